The quantitative estimate of drug-likeness (QED) is 0.765. The second-order valence-electron chi connectivity index (χ2n) is 3.62. The van der Waals surface area contributed by atoms with Crippen LogP contribution in [0.1, 0.15) is 17.0 Å². The number of rotatable bonds is 1. The van der Waals surface area contributed by atoms with Crippen LogP contribution < -0.4 is 5.73 Å². The minimum Gasteiger partial charge on any atom is -0.399 e. The zero-order chi connectivity index (χ0) is 11.0. The molecule has 15 heavy (non-hydrogen) atoms. The average molecular weight is 199 g/mol. The second-order valence-corrected chi connectivity index (χ2v) is 3.62. The van der Waals surface area contributed by atoms with Crippen molar-refractivity contribution < 1.29 is 0 Å². The van der Waals surface area contributed by atoms with E-state index in [-0.39, 0.29) is 0 Å². The highest BCUT2D eigenvalue weighted by atomic mass is 14.8. The van der Waals surface area contributed by atoms with Crippen LogP contribution in [0, 0.1) is 13.8 Å². The van der Waals surface area contributed by atoms with Gasteiger partial charge in [-0.1, -0.05) is 12.6 Å². The van der Waals surface area contributed by atoms with E-state index in [2.05, 4.69) is 16.5 Å². The van der Waals surface area contributed by atoms with Crippen molar-refractivity contribution in [1.82, 2.24) is 9.97 Å². The lowest BCUT2D eigenvalue weighted by molar-refractivity contribution is 1.10. The maximum atomic E-state index is 5.63. The van der Waals surface area contributed by atoms with Gasteiger partial charge in [0.15, 0.2) is 0 Å². The van der Waals surface area contributed by atoms with Crippen molar-refractivity contribution in [3.05, 3.63) is 41.7 Å². The molecule has 2 N–H and O–H groups in total. The summed E-state index contributed by atoms with van der Waals surface area (Å²) in [6.07, 6.45) is 0. The smallest absolute Gasteiger partial charge is 0.0896 e. The lowest BCUT2D eigenvalue weighted by atomic mass is 10.1. The van der Waals surface area contributed by atoms with Crippen molar-refractivity contribution in [3.63, 3.8) is 0 Å². The molecule has 1 heterocycles. The number of aromatic nitrogens is 2. The van der Waals surface area contributed by atoms with Gasteiger partial charge in [0.2, 0.25) is 0 Å². The normalized spacial score (nSPS) is 10.5. The first-order valence-corrected chi connectivity index (χ1v) is 4.77. The Balaban J connectivity index is 2.72. The first kappa shape index (κ1) is 9.65. The summed E-state index contributed by atoms with van der Waals surface area (Å²) in [4.78, 5) is 8.90. The third-order valence-corrected chi connectivity index (χ3v) is 2.45. The molecule has 0 saturated carbocycles. The van der Waals surface area contributed by atoms with Crippen LogP contribution >= 0.6 is 0 Å². The fraction of sp³-hybridized carbons (Fsp3) is 0.167. The van der Waals surface area contributed by atoms with Crippen molar-refractivity contribution in [2.45, 2.75) is 13.8 Å². The number of hydrogen-bond acceptors (Lipinski definition) is 3. The summed E-state index contributed by atoms with van der Waals surface area (Å²) >= 11 is 0. The summed E-state index contributed by atoms with van der Waals surface area (Å²) in [6, 6.07) is 5.74. The van der Waals surface area contributed by atoms with Crippen LogP contribution in [0.3, 0.4) is 0 Å². The molecular formula is C12H13N3. The SMILES string of the molecule is C=C(N)c1ccc2nc(C)c(C)nc2c1. The Morgan fingerprint density at radius 1 is 1.13 bits per heavy atom. The lowest BCUT2D eigenvalue weighted by Crippen LogP contribution is -1.97. The molecule has 0 fully saturated rings. The fourth-order valence-corrected chi connectivity index (χ4v) is 1.43. The molecule has 0 saturated heterocycles. The minimum absolute atomic E-state index is 0.553. The summed E-state index contributed by atoms with van der Waals surface area (Å²) in [5, 5.41) is 0. The van der Waals surface area contributed by atoms with Crippen molar-refractivity contribution >= 4 is 16.7 Å². The molecule has 2 aromatic rings. The molecule has 0 bridgehead atoms. The first-order chi connectivity index (χ1) is 7.08. The maximum Gasteiger partial charge on any atom is 0.0896 e. The third-order valence-electron chi connectivity index (χ3n) is 2.45. The monoisotopic (exact) mass is 199 g/mol. The van der Waals surface area contributed by atoms with Crippen molar-refractivity contribution in [2.75, 3.05) is 0 Å². The molecule has 1 aromatic carbocycles. The van der Waals surface area contributed by atoms with E-state index in [1.807, 2.05) is 32.0 Å². The summed E-state index contributed by atoms with van der Waals surface area (Å²) in [7, 11) is 0. The molecule has 0 spiro atoms. The van der Waals surface area contributed by atoms with E-state index in [4.69, 9.17) is 5.73 Å². The van der Waals surface area contributed by atoms with Gasteiger partial charge in [-0.2, -0.15) is 0 Å². The van der Waals surface area contributed by atoms with E-state index in [1.54, 1.807) is 0 Å². The molecule has 0 aliphatic rings. The van der Waals surface area contributed by atoms with E-state index in [9.17, 15) is 0 Å². The summed E-state index contributed by atoms with van der Waals surface area (Å²) < 4.78 is 0. The molecule has 3 heteroatoms. The van der Waals surface area contributed by atoms with Crippen molar-refractivity contribution in [1.29, 1.82) is 0 Å². The highest BCUT2D eigenvalue weighted by Crippen LogP contribution is 2.16. The van der Waals surface area contributed by atoms with Gasteiger partial charge in [-0.05, 0) is 31.5 Å². The second kappa shape index (κ2) is 3.35. The highest BCUT2D eigenvalue weighted by molar-refractivity contribution is 5.79. The summed E-state index contributed by atoms with van der Waals surface area (Å²) in [5.74, 6) is 0. The Bertz CT molecular complexity index is 544. The first-order valence-electron chi connectivity index (χ1n) is 4.77. The molecule has 76 valence electrons. The van der Waals surface area contributed by atoms with E-state index >= 15 is 0 Å². The largest absolute Gasteiger partial charge is 0.399 e. The number of benzene rings is 1. The maximum absolute atomic E-state index is 5.63. The highest BCUT2D eigenvalue weighted by Gasteiger charge is 2.02. The molecule has 2 rings (SSSR count). The number of nitrogens with two attached hydrogens (primary N) is 1. The zero-order valence-electron chi connectivity index (χ0n) is 8.91. The molecule has 0 unspecified atom stereocenters. The molecule has 3 nitrogen and oxygen atoms in total. The van der Waals surface area contributed by atoms with Crippen molar-refractivity contribution in [3.8, 4) is 0 Å². The van der Waals surface area contributed by atoms with Gasteiger partial charge in [0, 0.05) is 5.70 Å². The topological polar surface area (TPSA) is 51.8 Å². The van der Waals surface area contributed by atoms with Gasteiger partial charge in [0.05, 0.1) is 22.4 Å². The molecule has 0 atom stereocenters. The van der Waals surface area contributed by atoms with Crippen LogP contribution in [0.5, 0.6) is 0 Å². The van der Waals surface area contributed by atoms with E-state index in [1.165, 1.54) is 0 Å². The van der Waals surface area contributed by atoms with Crippen molar-refractivity contribution in [2.24, 2.45) is 5.73 Å². The summed E-state index contributed by atoms with van der Waals surface area (Å²) in [6.45, 7) is 7.61. The fourth-order valence-electron chi connectivity index (χ4n) is 1.43. The number of fused-ring (bicyclic) bond motifs is 1. The third kappa shape index (κ3) is 1.68. The average Bonchev–Trinajstić information content (AvgIpc) is 2.19. The van der Waals surface area contributed by atoms with E-state index < -0.39 is 0 Å². The van der Waals surface area contributed by atoms with Gasteiger partial charge in [0.25, 0.3) is 0 Å². The van der Waals surface area contributed by atoms with Crippen LogP contribution in [0.25, 0.3) is 16.7 Å². The van der Waals surface area contributed by atoms with Crippen LogP contribution in [-0.2, 0) is 0 Å². The Hall–Kier alpha value is -1.90. The zero-order valence-corrected chi connectivity index (χ0v) is 8.91. The van der Waals surface area contributed by atoms with E-state index in [0.29, 0.717) is 5.70 Å². The van der Waals surface area contributed by atoms with Crippen LogP contribution in [0.4, 0.5) is 0 Å². The van der Waals surface area contributed by atoms with Crippen LogP contribution in [0.15, 0.2) is 24.8 Å². The standard InChI is InChI=1S/C12H13N3/c1-7(13)10-4-5-11-12(6-10)15-9(3)8(2)14-11/h4-6H,1,13H2,2-3H3. The predicted molar refractivity (Wildman–Crippen MR) is 62.2 cm³/mol. The summed E-state index contributed by atoms with van der Waals surface area (Å²) in [5.41, 5.74) is 10.7. The molecule has 0 radical (unpaired) electrons. The Labute approximate surface area is 88.7 Å². The van der Waals surface area contributed by atoms with Gasteiger partial charge in [-0.25, -0.2) is 9.97 Å². The van der Waals surface area contributed by atoms with Gasteiger partial charge in [-0.3, -0.25) is 0 Å². The molecule has 0 amide bonds. The molecule has 0 aliphatic heterocycles. The lowest BCUT2D eigenvalue weighted by Gasteiger charge is -2.04. The van der Waals surface area contributed by atoms with E-state index in [0.717, 1.165) is 28.0 Å². The molecular weight excluding hydrogens is 186 g/mol. The van der Waals surface area contributed by atoms with Gasteiger partial charge in [-0.15, -0.1) is 0 Å². The predicted octanol–water partition coefficient (Wildman–Crippen LogP) is 2.18. The minimum atomic E-state index is 0.553. The van der Waals surface area contributed by atoms with Gasteiger partial charge in [0.1, 0.15) is 0 Å². The Morgan fingerprint density at radius 3 is 2.33 bits per heavy atom. The Kier molecular flexibility index (Phi) is 2.15. The number of aryl methyl sites for hydroxylation is 2. The van der Waals surface area contributed by atoms with Gasteiger partial charge >= 0.3 is 0 Å². The van der Waals surface area contributed by atoms with Crippen LogP contribution in [-0.4, -0.2) is 9.97 Å². The molecule has 0 aliphatic carbocycles. The number of hydrogen-bond donors (Lipinski definition) is 1. The number of nitrogens with zero attached hydrogens (tertiary/aromatic N) is 2. The van der Waals surface area contributed by atoms with Crippen LogP contribution in [0.2, 0.25) is 0 Å². The molecule has 1 aromatic heterocycles. The Morgan fingerprint density at radius 2 is 1.73 bits per heavy atom. The van der Waals surface area contributed by atoms with Gasteiger partial charge < -0.3 is 5.73 Å².